The summed E-state index contributed by atoms with van der Waals surface area (Å²) in [6.45, 7) is 2.08. The highest BCUT2D eigenvalue weighted by atomic mass is 35.5. The predicted octanol–water partition coefficient (Wildman–Crippen LogP) is 7.76. The van der Waals surface area contributed by atoms with Crippen molar-refractivity contribution >= 4 is 56.7 Å². The van der Waals surface area contributed by atoms with E-state index in [0.29, 0.717) is 16.6 Å². The number of hydrogen-bond acceptors (Lipinski definition) is 4. The molecular weight excluding hydrogens is 486 g/mol. The zero-order valence-electron chi connectivity index (χ0n) is 19.4. The molecule has 0 unspecified atom stereocenters. The van der Waals surface area contributed by atoms with Gasteiger partial charge in [-0.1, -0.05) is 66.2 Å². The number of aliphatic imine (C=N–C) groups is 1. The largest absolute Gasteiger partial charge is 0.282 e. The van der Waals surface area contributed by atoms with Crippen LogP contribution in [0.4, 0.5) is 5.69 Å². The molecule has 1 amide bonds. The highest BCUT2D eigenvalue weighted by Crippen LogP contribution is 2.34. The van der Waals surface area contributed by atoms with E-state index >= 15 is 0 Å². The molecule has 36 heavy (non-hydrogen) atoms. The molecule has 1 aromatic heterocycles. The Morgan fingerprint density at radius 1 is 0.861 bits per heavy atom. The molecule has 6 rings (SSSR count). The van der Waals surface area contributed by atoms with E-state index in [4.69, 9.17) is 21.6 Å². The molecule has 0 aliphatic carbocycles. The van der Waals surface area contributed by atoms with Gasteiger partial charge in [-0.2, -0.15) is 0 Å². The van der Waals surface area contributed by atoms with Gasteiger partial charge in [-0.25, -0.2) is 9.98 Å². The van der Waals surface area contributed by atoms with Crippen LogP contribution in [0.5, 0.6) is 0 Å². The second kappa shape index (κ2) is 9.19. The molecule has 0 saturated heterocycles. The molecule has 4 aromatic carbocycles. The Bertz CT molecular complexity index is 1670. The maximum absolute atomic E-state index is 13.6. The second-order valence-corrected chi connectivity index (χ2v) is 9.97. The second-order valence-electron chi connectivity index (χ2n) is 8.53. The topological polar surface area (TPSA) is 45.6 Å². The van der Waals surface area contributed by atoms with Gasteiger partial charge in [-0.3, -0.25) is 9.69 Å². The molecule has 0 spiro atoms. The molecule has 6 heteroatoms. The van der Waals surface area contributed by atoms with Crippen molar-refractivity contribution in [1.82, 2.24) is 4.98 Å². The van der Waals surface area contributed by atoms with Gasteiger partial charge in [-0.15, -0.1) is 11.3 Å². The van der Waals surface area contributed by atoms with Gasteiger partial charge >= 0.3 is 0 Å². The minimum absolute atomic E-state index is 0.197. The van der Waals surface area contributed by atoms with Crippen LogP contribution in [0.1, 0.15) is 16.7 Å². The van der Waals surface area contributed by atoms with Crippen molar-refractivity contribution in [2.75, 3.05) is 4.90 Å². The zero-order valence-corrected chi connectivity index (χ0v) is 20.9. The van der Waals surface area contributed by atoms with Gasteiger partial charge < -0.3 is 0 Å². The summed E-state index contributed by atoms with van der Waals surface area (Å²) < 4.78 is 1.16. The maximum atomic E-state index is 13.6. The molecule has 0 N–H and O–H groups in total. The number of aryl methyl sites for hydroxylation is 1. The first-order valence-corrected chi connectivity index (χ1v) is 12.7. The van der Waals surface area contributed by atoms with Crippen molar-refractivity contribution in [1.29, 1.82) is 0 Å². The standard InChI is InChI=1S/C30H20ClN3OS/c1-19-11-16-25-27(17-19)36-29(33-25)21-12-14-23(15-13-21)34-28(20-7-3-2-4-8-20)32-26(30(34)35)18-22-9-5-6-10-24(22)31/h2-18H,1H3/b26-18-. The first kappa shape index (κ1) is 22.4. The lowest BCUT2D eigenvalue weighted by atomic mass is 10.1. The number of anilines is 1. The summed E-state index contributed by atoms with van der Waals surface area (Å²) in [6.07, 6.45) is 1.74. The highest BCUT2D eigenvalue weighted by molar-refractivity contribution is 7.21. The average molecular weight is 506 g/mol. The molecular formula is C30H20ClN3OS. The number of carbonyl (C=O) groups is 1. The lowest BCUT2D eigenvalue weighted by Crippen LogP contribution is -2.32. The van der Waals surface area contributed by atoms with Crippen molar-refractivity contribution in [3.8, 4) is 10.6 Å². The summed E-state index contributed by atoms with van der Waals surface area (Å²) in [6, 6.07) is 31.3. The van der Waals surface area contributed by atoms with Gasteiger partial charge in [0, 0.05) is 16.1 Å². The smallest absolute Gasteiger partial charge is 0.266 e. The molecule has 0 bridgehead atoms. The van der Waals surface area contributed by atoms with E-state index in [0.717, 1.165) is 37.6 Å². The fourth-order valence-corrected chi connectivity index (χ4v) is 5.44. The summed E-state index contributed by atoms with van der Waals surface area (Å²) in [4.78, 5) is 24.8. The van der Waals surface area contributed by atoms with Gasteiger partial charge in [-0.05, 0) is 66.6 Å². The van der Waals surface area contributed by atoms with Crippen LogP contribution in [0, 0.1) is 6.92 Å². The zero-order chi connectivity index (χ0) is 24.6. The van der Waals surface area contributed by atoms with E-state index in [-0.39, 0.29) is 5.91 Å². The van der Waals surface area contributed by atoms with Gasteiger partial charge in [0.15, 0.2) is 0 Å². The number of fused-ring (bicyclic) bond motifs is 1. The first-order valence-electron chi connectivity index (χ1n) is 11.5. The number of nitrogens with zero attached hydrogens (tertiary/aromatic N) is 3. The van der Waals surface area contributed by atoms with Crippen molar-refractivity contribution in [2.45, 2.75) is 6.92 Å². The lowest BCUT2D eigenvalue weighted by Gasteiger charge is -2.18. The Labute approximate surface area is 217 Å². The van der Waals surface area contributed by atoms with Gasteiger partial charge in [0.05, 0.1) is 15.9 Å². The molecule has 0 fully saturated rings. The Morgan fingerprint density at radius 2 is 1.61 bits per heavy atom. The molecule has 174 valence electrons. The maximum Gasteiger partial charge on any atom is 0.282 e. The SMILES string of the molecule is Cc1ccc2nc(-c3ccc(N4C(=O)/C(=C/c5ccccc5Cl)N=C4c4ccccc4)cc3)sc2c1. The summed E-state index contributed by atoms with van der Waals surface area (Å²) in [5.41, 5.74) is 5.91. The predicted molar refractivity (Wildman–Crippen MR) is 150 cm³/mol. The number of carbonyl (C=O) groups excluding carboxylic acids is 1. The van der Waals surface area contributed by atoms with E-state index < -0.39 is 0 Å². The number of aromatic nitrogens is 1. The van der Waals surface area contributed by atoms with Crippen LogP contribution in [0.25, 0.3) is 26.9 Å². The Hall–Kier alpha value is -4.06. The average Bonchev–Trinajstić information content (AvgIpc) is 3.47. The molecule has 5 aromatic rings. The van der Waals surface area contributed by atoms with Crippen LogP contribution in [-0.2, 0) is 4.79 Å². The number of amidine groups is 1. The van der Waals surface area contributed by atoms with E-state index in [9.17, 15) is 4.79 Å². The van der Waals surface area contributed by atoms with Crippen LogP contribution >= 0.6 is 22.9 Å². The van der Waals surface area contributed by atoms with Crippen LogP contribution in [0.2, 0.25) is 5.02 Å². The van der Waals surface area contributed by atoms with E-state index in [1.165, 1.54) is 5.56 Å². The van der Waals surface area contributed by atoms with Crippen LogP contribution < -0.4 is 4.90 Å². The third kappa shape index (κ3) is 4.13. The van der Waals surface area contributed by atoms with E-state index in [1.54, 1.807) is 28.4 Å². The van der Waals surface area contributed by atoms with Crippen LogP contribution in [-0.4, -0.2) is 16.7 Å². The van der Waals surface area contributed by atoms with Crippen molar-refractivity contribution in [3.63, 3.8) is 0 Å². The van der Waals surface area contributed by atoms with Crippen molar-refractivity contribution < 1.29 is 4.79 Å². The Balaban J connectivity index is 1.39. The van der Waals surface area contributed by atoms with Crippen LogP contribution in [0.3, 0.4) is 0 Å². The number of benzene rings is 4. The van der Waals surface area contributed by atoms with E-state index in [1.807, 2.05) is 72.8 Å². The molecule has 2 heterocycles. The minimum atomic E-state index is -0.197. The summed E-state index contributed by atoms with van der Waals surface area (Å²) >= 11 is 8.01. The monoisotopic (exact) mass is 505 g/mol. The molecule has 1 aliphatic heterocycles. The molecule has 0 radical (unpaired) electrons. The highest BCUT2D eigenvalue weighted by Gasteiger charge is 2.32. The number of halogens is 1. The first-order chi connectivity index (χ1) is 17.6. The quantitative estimate of drug-likeness (QED) is 0.234. The number of amides is 1. The molecule has 4 nitrogen and oxygen atoms in total. The molecule has 0 atom stereocenters. The Kier molecular flexibility index (Phi) is 5.72. The van der Waals surface area contributed by atoms with E-state index in [2.05, 4.69) is 25.1 Å². The minimum Gasteiger partial charge on any atom is -0.266 e. The summed E-state index contributed by atoms with van der Waals surface area (Å²) in [5, 5.41) is 1.52. The number of thiazole rings is 1. The van der Waals surface area contributed by atoms with Gasteiger partial charge in [0.1, 0.15) is 16.5 Å². The number of hydrogen-bond donors (Lipinski definition) is 0. The normalized spacial score (nSPS) is 14.6. The summed E-state index contributed by atoms with van der Waals surface area (Å²) in [7, 11) is 0. The Morgan fingerprint density at radius 3 is 2.39 bits per heavy atom. The molecule has 0 saturated carbocycles. The fraction of sp³-hybridized carbons (Fsp3) is 0.0333. The third-order valence-corrected chi connectivity index (χ3v) is 7.42. The molecule has 1 aliphatic rings. The van der Waals surface area contributed by atoms with Gasteiger partial charge in [0.2, 0.25) is 0 Å². The van der Waals surface area contributed by atoms with Crippen molar-refractivity contribution in [2.24, 2.45) is 4.99 Å². The van der Waals surface area contributed by atoms with Crippen molar-refractivity contribution in [3.05, 3.63) is 124 Å². The third-order valence-electron chi connectivity index (χ3n) is 6.01. The fourth-order valence-electron chi connectivity index (χ4n) is 4.18. The van der Waals surface area contributed by atoms with Crippen LogP contribution in [0.15, 0.2) is 108 Å². The lowest BCUT2D eigenvalue weighted by molar-refractivity contribution is -0.113. The number of rotatable bonds is 4. The van der Waals surface area contributed by atoms with Gasteiger partial charge in [0.25, 0.3) is 5.91 Å². The summed E-state index contributed by atoms with van der Waals surface area (Å²) in [5.74, 6) is 0.388.